The van der Waals surface area contributed by atoms with Crippen molar-refractivity contribution in [1.82, 2.24) is 4.90 Å². The highest BCUT2D eigenvalue weighted by Crippen LogP contribution is 2.24. The summed E-state index contributed by atoms with van der Waals surface area (Å²) in [6.07, 6.45) is 4.22. The molecule has 116 valence electrons. The van der Waals surface area contributed by atoms with E-state index in [2.05, 4.69) is 5.32 Å². The van der Waals surface area contributed by atoms with E-state index in [0.717, 1.165) is 37.4 Å². The molecule has 0 spiro atoms. The summed E-state index contributed by atoms with van der Waals surface area (Å²) in [4.78, 5) is 14.1. The summed E-state index contributed by atoms with van der Waals surface area (Å²) in [5.74, 6) is 1.10. The molecule has 1 saturated heterocycles. The van der Waals surface area contributed by atoms with E-state index in [9.17, 15) is 4.79 Å². The van der Waals surface area contributed by atoms with Gasteiger partial charge in [0.15, 0.2) is 0 Å². The molecule has 1 heterocycles. The summed E-state index contributed by atoms with van der Waals surface area (Å²) in [5, 5.41) is 3.32. The van der Waals surface area contributed by atoms with Crippen LogP contribution in [0.25, 0.3) is 0 Å². The number of rotatable bonds is 6. The summed E-state index contributed by atoms with van der Waals surface area (Å²) in [5.41, 5.74) is 0.956. The van der Waals surface area contributed by atoms with Crippen molar-refractivity contribution in [2.75, 3.05) is 25.0 Å². The number of benzene rings is 1. The number of likely N-dealkylation sites (tertiary alicyclic amines) is 1. The van der Waals surface area contributed by atoms with Gasteiger partial charge in [0.25, 0.3) is 0 Å². The first-order chi connectivity index (χ1) is 10.2. The van der Waals surface area contributed by atoms with Crippen molar-refractivity contribution in [3.8, 4) is 5.75 Å². The summed E-state index contributed by atoms with van der Waals surface area (Å²) in [6.45, 7) is 6.51. The van der Waals surface area contributed by atoms with Gasteiger partial charge in [0.2, 0.25) is 5.91 Å². The highest BCUT2D eigenvalue weighted by molar-refractivity contribution is 5.77. The first-order valence-corrected chi connectivity index (χ1v) is 7.94. The molecule has 1 aliphatic heterocycles. The van der Waals surface area contributed by atoms with E-state index in [1.807, 2.05) is 43.0 Å². The molecule has 1 aliphatic rings. The molecule has 1 fully saturated rings. The first-order valence-electron chi connectivity index (χ1n) is 7.94. The molecule has 4 nitrogen and oxygen atoms in total. The van der Waals surface area contributed by atoms with Crippen LogP contribution in [0.1, 0.15) is 39.5 Å². The molecule has 0 atom stereocenters. The normalized spacial score (nSPS) is 15.1. The van der Waals surface area contributed by atoms with Gasteiger partial charge >= 0.3 is 0 Å². The molecule has 1 aromatic rings. The Morgan fingerprint density at radius 2 is 1.95 bits per heavy atom. The average molecular weight is 290 g/mol. The number of carbonyl (C=O) groups is 1. The molecule has 21 heavy (non-hydrogen) atoms. The van der Waals surface area contributed by atoms with Gasteiger partial charge in [-0.2, -0.15) is 0 Å². The molecule has 0 saturated carbocycles. The van der Waals surface area contributed by atoms with E-state index in [-0.39, 0.29) is 12.0 Å². The second kappa shape index (κ2) is 7.91. The van der Waals surface area contributed by atoms with Gasteiger partial charge in [0.1, 0.15) is 5.75 Å². The van der Waals surface area contributed by atoms with Crippen molar-refractivity contribution in [3.05, 3.63) is 24.3 Å². The van der Waals surface area contributed by atoms with Gasteiger partial charge in [-0.1, -0.05) is 12.1 Å². The van der Waals surface area contributed by atoms with Crippen LogP contribution >= 0.6 is 0 Å². The summed E-state index contributed by atoms with van der Waals surface area (Å²) < 4.78 is 5.76. The van der Waals surface area contributed by atoms with E-state index >= 15 is 0 Å². The first kappa shape index (κ1) is 15.7. The van der Waals surface area contributed by atoms with Gasteiger partial charge in [-0.15, -0.1) is 0 Å². The topological polar surface area (TPSA) is 41.6 Å². The maximum absolute atomic E-state index is 12.1. The van der Waals surface area contributed by atoms with E-state index in [0.29, 0.717) is 13.0 Å². The Morgan fingerprint density at radius 1 is 1.24 bits per heavy atom. The van der Waals surface area contributed by atoms with Gasteiger partial charge in [-0.3, -0.25) is 4.79 Å². The van der Waals surface area contributed by atoms with Gasteiger partial charge in [0, 0.05) is 26.1 Å². The number of nitrogens with one attached hydrogen (secondary N) is 1. The number of carbonyl (C=O) groups excluding carboxylic acids is 1. The fourth-order valence-electron chi connectivity index (χ4n) is 2.57. The second-order valence-corrected chi connectivity index (χ2v) is 5.78. The SMILES string of the molecule is CC(C)Oc1ccccc1NCCC(=O)N1CCCCC1. The van der Waals surface area contributed by atoms with Gasteiger partial charge in [-0.25, -0.2) is 0 Å². The summed E-state index contributed by atoms with van der Waals surface area (Å²) >= 11 is 0. The van der Waals surface area contributed by atoms with Crippen molar-refractivity contribution in [1.29, 1.82) is 0 Å². The van der Waals surface area contributed by atoms with Crippen LogP contribution in [0.4, 0.5) is 5.69 Å². The lowest BCUT2D eigenvalue weighted by Gasteiger charge is -2.26. The second-order valence-electron chi connectivity index (χ2n) is 5.78. The van der Waals surface area contributed by atoms with Crippen molar-refractivity contribution in [2.24, 2.45) is 0 Å². The quantitative estimate of drug-likeness (QED) is 0.874. The van der Waals surface area contributed by atoms with E-state index in [1.54, 1.807) is 0 Å². The molecule has 0 unspecified atom stereocenters. The minimum atomic E-state index is 0.142. The summed E-state index contributed by atoms with van der Waals surface area (Å²) in [7, 11) is 0. The van der Waals surface area contributed by atoms with Gasteiger partial charge in [-0.05, 0) is 45.2 Å². The minimum absolute atomic E-state index is 0.142. The lowest BCUT2D eigenvalue weighted by atomic mass is 10.1. The Balaban J connectivity index is 1.81. The fraction of sp³-hybridized carbons (Fsp3) is 0.588. The fourth-order valence-corrected chi connectivity index (χ4v) is 2.57. The van der Waals surface area contributed by atoms with Crippen LogP contribution in [0.15, 0.2) is 24.3 Å². The maximum Gasteiger partial charge on any atom is 0.224 e. The number of anilines is 1. The predicted molar refractivity (Wildman–Crippen MR) is 85.7 cm³/mol. The largest absolute Gasteiger partial charge is 0.489 e. The van der Waals surface area contributed by atoms with Crippen LogP contribution in [-0.4, -0.2) is 36.5 Å². The number of piperidine rings is 1. The van der Waals surface area contributed by atoms with Crippen molar-refractivity contribution < 1.29 is 9.53 Å². The third-order valence-corrected chi connectivity index (χ3v) is 3.61. The Hall–Kier alpha value is -1.71. The molecular weight excluding hydrogens is 264 g/mol. The molecule has 0 aromatic heterocycles. The van der Waals surface area contributed by atoms with Crippen LogP contribution < -0.4 is 10.1 Å². The predicted octanol–water partition coefficient (Wildman–Crippen LogP) is 3.29. The highest BCUT2D eigenvalue weighted by Gasteiger charge is 2.15. The monoisotopic (exact) mass is 290 g/mol. The summed E-state index contributed by atoms with van der Waals surface area (Å²) in [6, 6.07) is 7.88. The smallest absolute Gasteiger partial charge is 0.224 e. The molecule has 2 rings (SSSR count). The Morgan fingerprint density at radius 3 is 2.67 bits per heavy atom. The van der Waals surface area contributed by atoms with E-state index in [4.69, 9.17) is 4.74 Å². The number of hydrogen-bond acceptors (Lipinski definition) is 3. The molecule has 0 bridgehead atoms. The van der Waals surface area contributed by atoms with Gasteiger partial charge in [0.05, 0.1) is 11.8 Å². The van der Waals surface area contributed by atoms with Crippen LogP contribution in [0, 0.1) is 0 Å². The standard InChI is InChI=1S/C17H26N2O2/c1-14(2)21-16-9-5-4-8-15(16)18-11-10-17(20)19-12-6-3-7-13-19/h4-5,8-9,14,18H,3,6-7,10-13H2,1-2H3. The van der Waals surface area contributed by atoms with Crippen LogP contribution in [-0.2, 0) is 4.79 Å². The third-order valence-electron chi connectivity index (χ3n) is 3.61. The molecule has 1 amide bonds. The van der Waals surface area contributed by atoms with Crippen LogP contribution in [0.2, 0.25) is 0 Å². The van der Waals surface area contributed by atoms with Crippen molar-refractivity contribution >= 4 is 11.6 Å². The van der Waals surface area contributed by atoms with Gasteiger partial charge < -0.3 is 15.0 Å². The van der Waals surface area contributed by atoms with Crippen molar-refractivity contribution in [3.63, 3.8) is 0 Å². The Kier molecular flexibility index (Phi) is 5.90. The molecule has 1 N–H and O–H groups in total. The zero-order valence-corrected chi connectivity index (χ0v) is 13.1. The number of hydrogen-bond donors (Lipinski definition) is 1. The van der Waals surface area contributed by atoms with Crippen LogP contribution in [0.3, 0.4) is 0 Å². The van der Waals surface area contributed by atoms with Crippen molar-refractivity contribution in [2.45, 2.75) is 45.6 Å². The number of nitrogens with zero attached hydrogens (tertiary/aromatic N) is 1. The Bertz CT molecular complexity index is 454. The van der Waals surface area contributed by atoms with E-state index < -0.39 is 0 Å². The third kappa shape index (κ3) is 4.96. The lowest BCUT2D eigenvalue weighted by molar-refractivity contribution is -0.131. The van der Waals surface area contributed by atoms with Crippen LogP contribution in [0.5, 0.6) is 5.75 Å². The molecular formula is C17H26N2O2. The lowest BCUT2D eigenvalue weighted by Crippen LogP contribution is -2.36. The molecule has 0 radical (unpaired) electrons. The number of para-hydroxylation sites is 2. The molecule has 0 aliphatic carbocycles. The average Bonchev–Trinajstić information content (AvgIpc) is 2.49. The molecule has 1 aromatic carbocycles. The maximum atomic E-state index is 12.1. The molecule has 4 heteroatoms. The number of amides is 1. The van der Waals surface area contributed by atoms with E-state index in [1.165, 1.54) is 6.42 Å². The minimum Gasteiger partial charge on any atom is -0.489 e. The highest BCUT2D eigenvalue weighted by atomic mass is 16.5. The zero-order valence-electron chi connectivity index (χ0n) is 13.1. The number of ether oxygens (including phenoxy) is 1. The Labute approximate surface area is 127 Å². The zero-order chi connectivity index (χ0) is 15.1.